The summed E-state index contributed by atoms with van der Waals surface area (Å²) in [5.74, 6) is -0.159. The van der Waals surface area contributed by atoms with E-state index in [0.717, 1.165) is 0 Å². The first-order valence-electron chi connectivity index (χ1n) is 4.81. The number of benzene rings is 1. The Morgan fingerprint density at radius 2 is 2.20 bits per heavy atom. The van der Waals surface area contributed by atoms with Gasteiger partial charge in [-0.2, -0.15) is 0 Å². The van der Waals surface area contributed by atoms with Gasteiger partial charge in [-0.1, -0.05) is 0 Å². The molecule has 0 aliphatic carbocycles. The molecule has 0 aliphatic rings. The Morgan fingerprint density at radius 1 is 1.47 bits per heavy atom. The molecule has 1 N–H and O–H groups in total. The molecular formula is C11H14F2O2. The molecule has 0 fully saturated rings. The molecular weight excluding hydrogens is 202 g/mol. The summed E-state index contributed by atoms with van der Waals surface area (Å²) < 4.78 is 29.9. The molecule has 1 rings (SSSR count). The van der Waals surface area contributed by atoms with Gasteiger partial charge >= 0.3 is 0 Å². The normalized spacial score (nSPS) is 12.5. The number of aliphatic hydroxyl groups is 1. The highest BCUT2D eigenvalue weighted by molar-refractivity contribution is 5.35. The number of rotatable bonds is 5. The fourth-order valence-electron chi connectivity index (χ4n) is 1.22. The van der Waals surface area contributed by atoms with Gasteiger partial charge in [-0.05, 0) is 19.1 Å². The molecule has 2 nitrogen and oxygen atoms in total. The summed E-state index contributed by atoms with van der Waals surface area (Å²) in [4.78, 5) is 0. The lowest BCUT2D eigenvalue weighted by atomic mass is 10.1. The minimum absolute atomic E-state index is 0.180. The van der Waals surface area contributed by atoms with Gasteiger partial charge in [0.25, 0.3) is 0 Å². The van der Waals surface area contributed by atoms with Gasteiger partial charge in [0, 0.05) is 18.1 Å². The van der Waals surface area contributed by atoms with Gasteiger partial charge < -0.3 is 9.84 Å². The Kier molecular flexibility index (Phi) is 4.49. The quantitative estimate of drug-likeness (QED) is 0.766. The third-order valence-corrected chi connectivity index (χ3v) is 1.96. The van der Waals surface area contributed by atoms with Crippen LogP contribution >= 0.6 is 0 Å². The molecule has 0 aliphatic heterocycles. The lowest BCUT2D eigenvalue weighted by Gasteiger charge is -2.12. The fraction of sp³-hybridized carbons (Fsp3) is 0.455. The summed E-state index contributed by atoms with van der Waals surface area (Å²) in [5, 5.41) is 9.38. The van der Waals surface area contributed by atoms with E-state index in [0.29, 0.717) is 5.56 Å². The number of ether oxygens (including phenoxy) is 1. The molecule has 0 spiro atoms. The van der Waals surface area contributed by atoms with Gasteiger partial charge in [-0.15, -0.1) is 0 Å². The highest BCUT2D eigenvalue weighted by Crippen LogP contribution is 2.25. The van der Waals surface area contributed by atoms with E-state index in [2.05, 4.69) is 0 Å². The average Bonchev–Trinajstić information content (AvgIpc) is 2.18. The SMILES string of the molecule is CC(O)c1ccc(F)cc1OCCCF. The van der Waals surface area contributed by atoms with Crippen molar-refractivity contribution in [3.05, 3.63) is 29.6 Å². The third kappa shape index (κ3) is 3.47. The van der Waals surface area contributed by atoms with Crippen molar-refractivity contribution >= 4 is 0 Å². The van der Waals surface area contributed by atoms with E-state index in [1.807, 2.05) is 0 Å². The molecule has 1 atom stereocenters. The third-order valence-electron chi connectivity index (χ3n) is 1.96. The molecule has 1 aromatic carbocycles. The number of alkyl halides is 1. The van der Waals surface area contributed by atoms with Crippen LogP contribution in [0.1, 0.15) is 25.0 Å². The Bertz CT molecular complexity index is 313. The molecule has 0 heterocycles. The summed E-state index contributed by atoms with van der Waals surface area (Å²) in [6.45, 7) is 1.27. The van der Waals surface area contributed by atoms with Gasteiger partial charge in [0.15, 0.2) is 0 Å². The van der Waals surface area contributed by atoms with Crippen LogP contribution in [0, 0.1) is 5.82 Å². The molecule has 0 saturated heterocycles. The van der Waals surface area contributed by atoms with Crippen LogP contribution in [0.4, 0.5) is 8.78 Å². The second-order valence-electron chi connectivity index (χ2n) is 3.25. The van der Waals surface area contributed by atoms with E-state index in [-0.39, 0.29) is 18.8 Å². The van der Waals surface area contributed by atoms with Gasteiger partial charge in [0.2, 0.25) is 0 Å². The maximum absolute atomic E-state index is 12.9. The first kappa shape index (κ1) is 11.9. The van der Waals surface area contributed by atoms with E-state index in [9.17, 15) is 13.9 Å². The van der Waals surface area contributed by atoms with Crippen molar-refractivity contribution in [2.45, 2.75) is 19.4 Å². The van der Waals surface area contributed by atoms with Crippen LogP contribution in [0.15, 0.2) is 18.2 Å². The minimum atomic E-state index is -0.731. The number of hydrogen-bond donors (Lipinski definition) is 1. The maximum Gasteiger partial charge on any atom is 0.127 e. The Balaban J connectivity index is 2.77. The largest absolute Gasteiger partial charge is 0.493 e. The van der Waals surface area contributed by atoms with Crippen molar-refractivity contribution in [3.8, 4) is 5.75 Å². The van der Waals surface area contributed by atoms with Crippen molar-refractivity contribution < 1.29 is 18.6 Å². The predicted octanol–water partition coefficient (Wildman–Crippen LogP) is 2.62. The Hall–Kier alpha value is -1.16. The molecule has 0 aromatic heterocycles. The first-order valence-corrected chi connectivity index (χ1v) is 4.81. The second-order valence-corrected chi connectivity index (χ2v) is 3.25. The predicted molar refractivity (Wildman–Crippen MR) is 53.1 cm³/mol. The second kappa shape index (κ2) is 5.66. The van der Waals surface area contributed by atoms with Crippen molar-refractivity contribution in [3.63, 3.8) is 0 Å². The molecule has 4 heteroatoms. The average molecular weight is 216 g/mol. The van der Waals surface area contributed by atoms with Crippen LogP contribution in [-0.2, 0) is 0 Å². The monoisotopic (exact) mass is 216 g/mol. The summed E-state index contributed by atoms with van der Waals surface area (Å²) in [6.07, 6.45) is -0.471. The van der Waals surface area contributed by atoms with E-state index < -0.39 is 18.6 Å². The highest BCUT2D eigenvalue weighted by atomic mass is 19.1. The lowest BCUT2D eigenvalue weighted by molar-refractivity contribution is 0.190. The highest BCUT2D eigenvalue weighted by Gasteiger charge is 2.10. The number of halogens is 2. The van der Waals surface area contributed by atoms with Crippen molar-refractivity contribution in [1.29, 1.82) is 0 Å². The minimum Gasteiger partial charge on any atom is -0.493 e. The maximum atomic E-state index is 12.9. The van der Waals surface area contributed by atoms with Gasteiger partial charge in [0.1, 0.15) is 11.6 Å². The Morgan fingerprint density at radius 3 is 2.80 bits per heavy atom. The zero-order valence-electron chi connectivity index (χ0n) is 8.54. The summed E-state index contributed by atoms with van der Waals surface area (Å²) in [5.41, 5.74) is 0.509. The van der Waals surface area contributed by atoms with Crippen LogP contribution in [0.25, 0.3) is 0 Å². The van der Waals surface area contributed by atoms with Crippen LogP contribution < -0.4 is 4.74 Å². The van der Waals surface area contributed by atoms with Crippen LogP contribution in [-0.4, -0.2) is 18.4 Å². The topological polar surface area (TPSA) is 29.5 Å². The summed E-state index contributed by atoms with van der Waals surface area (Å²) in [6, 6.07) is 3.91. The van der Waals surface area contributed by atoms with Gasteiger partial charge in [-0.25, -0.2) is 4.39 Å². The molecule has 0 radical (unpaired) electrons. The van der Waals surface area contributed by atoms with E-state index in [1.54, 1.807) is 6.92 Å². The van der Waals surface area contributed by atoms with Crippen molar-refractivity contribution in [1.82, 2.24) is 0 Å². The lowest BCUT2D eigenvalue weighted by Crippen LogP contribution is -2.03. The number of hydrogen-bond acceptors (Lipinski definition) is 2. The van der Waals surface area contributed by atoms with E-state index in [1.165, 1.54) is 18.2 Å². The molecule has 1 aromatic rings. The van der Waals surface area contributed by atoms with Crippen LogP contribution in [0.3, 0.4) is 0 Å². The molecule has 84 valence electrons. The molecule has 15 heavy (non-hydrogen) atoms. The van der Waals surface area contributed by atoms with Crippen LogP contribution in [0.5, 0.6) is 5.75 Å². The fourth-order valence-corrected chi connectivity index (χ4v) is 1.22. The van der Waals surface area contributed by atoms with Crippen molar-refractivity contribution in [2.75, 3.05) is 13.3 Å². The summed E-state index contributed by atoms with van der Waals surface area (Å²) in [7, 11) is 0. The smallest absolute Gasteiger partial charge is 0.127 e. The van der Waals surface area contributed by atoms with Crippen molar-refractivity contribution in [2.24, 2.45) is 0 Å². The van der Waals surface area contributed by atoms with E-state index in [4.69, 9.17) is 4.74 Å². The molecule has 0 bridgehead atoms. The molecule has 0 amide bonds. The Labute approximate surface area is 87.5 Å². The standard InChI is InChI=1S/C11H14F2O2/c1-8(14)10-4-3-9(13)7-11(10)15-6-2-5-12/h3-4,7-8,14H,2,5-6H2,1H3. The van der Waals surface area contributed by atoms with Crippen LogP contribution in [0.2, 0.25) is 0 Å². The van der Waals surface area contributed by atoms with E-state index >= 15 is 0 Å². The molecule has 1 unspecified atom stereocenters. The summed E-state index contributed by atoms with van der Waals surface area (Å²) >= 11 is 0. The van der Waals surface area contributed by atoms with Gasteiger partial charge in [0.05, 0.1) is 19.4 Å². The zero-order chi connectivity index (χ0) is 11.3. The first-order chi connectivity index (χ1) is 7.15. The van der Waals surface area contributed by atoms with Gasteiger partial charge in [-0.3, -0.25) is 4.39 Å². The number of aliphatic hydroxyl groups excluding tert-OH is 1. The zero-order valence-corrected chi connectivity index (χ0v) is 8.54. The molecule has 0 saturated carbocycles.